The highest BCUT2D eigenvalue weighted by atomic mass is 16.1. The molecule has 0 aromatic heterocycles. The molecule has 1 atom stereocenters. The molecule has 1 saturated carbocycles. The third kappa shape index (κ3) is 3.69. The number of carbonyl (C=O) groups is 1. The second kappa shape index (κ2) is 6.86. The predicted molar refractivity (Wildman–Crippen MR) is 59.1 cm³/mol. The molecule has 82 valence electrons. The van der Waals surface area contributed by atoms with Crippen molar-refractivity contribution in [3.05, 3.63) is 0 Å². The average Bonchev–Trinajstić information content (AvgIpc) is 2.25. The minimum atomic E-state index is 0.452. The van der Waals surface area contributed by atoms with Gasteiger partial charge in [-0.15, -0.1) is 0 Å². The standard InChI is InChI=1S/C12H23NO/c1-2-3-9-12(13-10-14)11-7-5-4-6-8-11/h10-12H,2-9H2,1H3,(H,13,14). The van der Waals surface area contributed by atoms with Gasteiger partial charge in [0.15, 0.2) is 0 Å². The molecule has 0 saturated heterocycles. The van der Waals surface area contributed by atoms with Gasteiger partial charge >= 0.3 is 0 Å². The summed E-state index contributed by atoms with van der Waals surface area (Å²) in [6, 6.07) is 0.452. The molecule has 1 fully saturated rings. The van der Waals surface area contributed by atoms with E-state index in [9.17, 15) is 4.79 Å². The number of rotatable bonds is 6. The number of unbranched alkanes of at least 4 members (excludes halogenated alkanes) is 1. The van der Waals surface area contributed by atoms with E-state index in [1.165, 1.54) is 51.4 Å². The van der Waals surface area contributed by atoms with Gasteiger partial charge in [-0.3, -0.25) is 4.79 Å². The molecule has 0 spiro atoms. The summed E-state index contributed by atoms with van der Waals surface area (Å²) in [6.45, 7) is 2.21. The number of hydrogen-bond acceptors (Lipinski definition) is 1. The normalized spacial score (nSPS) is 20.4. The lowest BCUT2D eigenvalue weighted by molar-refractivity contribution is -0.110. The number of hydrogen-bond donors (Lipinski definition) is 1. The first kappa shape index (κ1) is 11.5. The summed E-state index contributed by atoms with van der Waals surface area (Å²) in [6.07, 6.45) is 11.2. The van der Waals surface area contributed by atoms with E-state index in [1.807, 2.05) is 0 Å². The van der Waals surface area contributed by atoms with Crippen molar-refractivity contribution in [1.82, 2.24) is 5.32 Å². The zero-order chi connectivity index (χ0) is 10.2. The minimum absolute atomic E-state index is 0.452. The monoisotopic (exact) mass is 197 g/mol. The van der Waals surface area contributed by atoms with E-state index in [2.05, 4.69) is 12.2 Å². The molecule has 0 aliphatic heterocycles. The van der Waals surface area contributed by atoms with E-state index in [-0.39, 0.29) is 0 Å². The van der Waals surface area contributed by atoms with Crippen LogP contribution in [0.25, 0.3) is 0 Å². The largest absolute Gasteiger partial charge is 0.356 e. The maximum atomic E-state index is 10.5. The van der Waals surface area contributed by atoms with Crippen LogP contribution in [-0.2, 0) is 4.79 Å². The number of carbonyl (C=O) groups excluding carboxylic acids is 1. The van der Waals surface area contributed by atoms with Crippen LogP contribution in [0.1, 0.15) is 58.3 Å². The zero-order valence-corrected chi connectivity index (χ0v) is 9.30. The van der Waals surface area contributed by atoms with E-state index in [0.717, 1.165) is 12.3 Å². The van der Waals surface area contributed by atoms with E-state index in [4.69, 9.17) is 0 Å². The first-order chi connectivity index (χ1) is 6.88. The molecule has 2 heteroatoms. The smallest absolute Gasteiger partial charge is 0.207 e. The molecule has 1 amide bonds. The fourth-order valence-corrected chi connectivity index (χ4v) is 2.50. The van der Waals surface area contributed by atoms with Crippen molar-refractivity contribution in [2.45, 2.75) is 64.3 Å². The minimum Gasteiger partial charge on any atom is -0.356 e. The van der Waals surface area contributed by atoms with Crippen molar-refractivity contribution >= 4 is 6.41 Å². The van der Waals surface area contributed by atoms with Crippen molar-refractivity contribution in [1.29, 1.82) is 0 Å². The fourth-order valence-electron chi connectivity index (χ4n) is 2.50. The molecular formula is C12H23NO. The molecule has 0 aromatic carbocycles. The van der Waals surface area contributed by atoms with E-state index in [1.54, 1.807) is 0 Å². The molecule has 1 unspecified atom stereocenters. The average molecular weight is 197 g/mol. The van der Waals surface area contributed by atoms with Crippen LogP contribution in [0.5, 0.6) is 0 Å². The summed E-state index contributed by atoms with van der Waals surface area (Å²) in [5, 5.41) is 3.01. The maximum Gasteiger partial charge on any atom is 0.207 e. The Bertz CT molecular complexity index is 152. The lowest BCUT2D eigenvalue weighted by Gasteiger charge is -2.29. The van der Waals surface area contributed by atoms with Gasteiger partial charge in [0.2, 0.25) is 6.41 Å². The van der Waals surface area contributed by atoms with Crippen LogP contribution in [0.3, 0.4) is 0 Å². The van der Waals surface area contributed by atoms with Gasteiger partial charge in [0.25, 0.3) is 0 Å². The van der Waals surface area contributed by atoms with Crippen molar-refractivity contribution < 1.29 is 4.79 Å². The first-order valence-corrected chi connectivity index (χ1v) is 6.08. The first-order valence-electron chi connectivity index (χ1n) is 6.08. The summed E-state index contributed by atoms with van der Waals surface area (Å²) >= 11 is 0. The van der Waals surface area contributed by atoms with Crippen molar-refractivity contribution in [2.24, 2.45) is 5.92 Å². The summed E-state index contributed by atoms with van der Waals surface area (Å²) in [5.41, 5.74) is 0. The van der Waals surface area contributed by atoms with Crippen molar-refractivity contribution in [3.8, 4) is 0 Å². The van der Waals surface area contributed by atoms with Crippen LogP contribution in [-0.4, -0.2) is 12.5 Å². The Kier molecular flexibility index (Phi) is 5.65. The van der Waals surface area contributed by atoms with Crippen LogP contribution >= 0.6 is 0 Å². The fraction of sp³-hybridized carbons (Fsp3) is 0.917. The SMILES string of the molecule is CCCCC(NC=O)C1CCCCC1. The summed E-state index contributed by atoms with van der Waals surface area (Å²) in [7, 11) is 0. The molecule has 0 heterocycles. The number of amides is 1. The molecular weight excluding hydrogens is 174 g/mol. The van der Waals surface area contributed by atoms with E-state index < -0.39 is 0 Å². The third-order valence-corrected chi connectivity index (χ3v) is 3.37. The van der Waals surface area contributed by atoms with Gasteiger partial charge in [0.1, 0.15) is 0 Å². The highest BCUT2D eigenvalue weighted by Gasteiger charge is 2.22. The summed E-state index contributed by atoms with van der Waals surface area (Å²) in [4.78, 5) is 10.5. The Morgan fingerprint density at radius 3 is 2.64 bits per heavy atom. The van der Waals surface area contributed by atoms with Crippen LogP contribution in [0.4, 0.5) is 0 Å². The molecule has 14 heavy (non-hydrogen) atoms. The van der Waals surface area contributed by atoms with Crippen LogP contribution in [0.2, 0.25) is 0 Å². The van der Waals surface area contributed by atoms with Crippen LogP contribution < -0.4 is 5.32 Å². The molecule has 1 N–H and O–H groups in total. The maximum absolute atomic E-state index is 10.5. The number of nitrogens with one attached hydrogen (secondary N) is 1. The van der Waals surface area contributed by atoms with Gasteiger partial charge in [-0.1, -0.05) is 39.0 Å². The van der Waals surface area contributed by atoms with E-state index in [0.29, 0.717) is 6.04 Å². The van der Waals surface area contributed by atoms with Gasteiger partial charge in [0, 0.05) is 6.04 Å². The van der Waals surface area contributed by atoms with E-state index >= 15 is 0 Å². The Hall–Kier alpha value is -0.530. The Morgan fingerprint density at radius 1 is 1.36 bits per heavy atom. The molecule has 1 aliphatic carbocycles. The van der Waals surface area contributed by atoms with Crippen LogP contribution in [0, 0.1) is 5.92 Å². The topological polar surface area (TPSA) is 29.1 Å². The lowest BCUT2D eigenvalue weighted by atomic mass is 9.82. The second-order valence-electron chi connectivity index (χ2n) is 4.43. The summed E-state index contributed by atoms with van der Waals surface area (Å²) in [5.74, 6) is 0.750. The van der Waals surface area contributed by atoms with Gasteiger partial charge in [0.05, 0.1) is 0 Å². The third-order valence-electron chi connectivity index (χ3n) is 3.37. The molecule has 0 radical (unpaired) electrons. The molecule has 0 bridgehead atoms. The summed E-state index contributed by atoms with van der Waals surface area (Å²) < 4.78 is 0. The highest BCUT2D eigenvalue weighted by Crippen LogP contribution is 2.28. The Balaban J connectivity index is 2.34. The highest BCUT2D eigenvalue weighted by molar-refractivity contribution is 5.46. The Morgan fingerprint density at radius 2 is 2.07 bits per heavy atom. The second-order valence-corrected chi connectivity index (χ2v) is 4.43. The van der Waals surface area contributed by atoms with Gasteiger partial charge < -0.3 is 5.32 Å². The lowest BCUT2D eigenvalue weighted by Crippen LogP contribution is -2.36. The molecule has 2 nitrogen and oxygen atoms in total. The van der Waals surface area contributed by atoms with Gasteiger partial charge in [-0.05, 0) is 25.2 Å². The predicted octanol–water partition coefficient (Wildman–Crippen LogP) is 2.87. The molecule has 0 aromatic rings. The van der Waals surface area contributed by atoms with Crippen molar-refractivity contribution in [3.63, 3.8) is 0 Å². The van der Waals surface area contributed by atoms with Gasteiger partial charge in [-0.2, -0.15) is 0 Å². The van der Waals surface area contributed by atoms with Gasteiger partial charge in [-0.25, -0.2) is 0 Å². The van der Waals surface area contributed by atoms with Crippen LogP contribution in [0.15, 0.2) is 0 Å². The van der Waals surface area contributed by atoms with Crippen molar-refractivity contribution in [2.75, 3.05) is 0 Å². The molecule has 1 rings (SSSR count). The molecule has 1 aliphatic rings. The Labute approximate surface area is 87.5 Å². The quantitative estimate of drug-likeness (QED) is 0.652. The zero-order valence-electron chi connectivity index (χ0n) is 9.30.